The Morgan fingerprint density at radius 1 is 0.460 bits per heavy atom. The van der Waals surface area contributed by atoms with Crippen LogP contribution in [0.5, 0.6) is 0 Å². The Balaban J connectivity index is 6.43. The predicted octanol–water partition coefficient (Wildman–Crippen LogP) is 11.3. The lowest BCUT2D eigenvalue weighted by atomic mass is 9.99. The molecule has 0 saturated carbocycles. The third-order valence-electron chi connectivity index (χ3n) is 11.9. The molecule has 0 bridgehead atoms. The number of hydrogen-bond acceptors (Lipinski definition) is 6. The van der Waals surface area contributed by atoms with Crippen LogP contribution in [0.2, 0.25) is 92.2 Å². The molecule has 0 radical (unpaired) electrons. The fourth-order valence-corrected chi connectivity index (χ4v) is 9.94. The van der Waals surface area contributed by atoms with Crippen molar-refractivity contribution in [2.75, 3.05) is 6.61 Å². The zero-order valence-corrected chi connectivity index (χ0v) is 42.4. The maximum absolute atomic E-state index is 11.6. The monoisotopic (exact) mass is 791 g/mol. The van der Waals surface area contributed by atoms with Gasteiger partial charge in [-0.3, -0.25) is 0 Å². The van der Waals surface area contributed by atoms with Crippen molar-refractivity contribution >= 4 is 41.3 Å². The van der Waals surface area contributed by atoms with E-state index in [-0.39, 0.29) is 44.9 Å². The number of aliphatic hydroxyl groups is 2. The maximum atomic E-state index is 11.6. The molecule has 0 saturated heterocycles. The Bertz CT molecular complexity index is 1090. The van der Waals surface area contributed by atoms with Crippen LogP contribution in [0, 0.1) is 11.5 Å². The second-order valence-corrected chi connectivity index (χ2v) is 46.0. The Hall–Kier alpha value is 0.404. The minimum absolute atomic E-state index is 0.00643. The van der Waals surface area contributed by atoms with E-state index in [0.29, 0.717) is 25.9 Å². The van der Waals surface area contributed by atoms with E-state index in [4.69, 9.17) is 17.7 Å². The summed E-state index contributed by atoms with van der Waals surface area (Å²) in [5.41, 5.74) is 3.49. The molecule has 0 aromatic carbocycles. The van der Waals surface area contributed by atoms with Crippen LogP contribution in [0.15, 0.2) is 0 Å². The van der Waals surface area contributed by atoms with E-state index < -0.39 is 53.6 Å². The number of aliphatic hydroxyl groups excluding tert-OH is 2. The van der Waals surface area contributed by atoms with Gasteiger partial charge in [0.15, 0.2) is 33.3 Å². The van der Waals surface area contributed by atoms with Crippen LogP contribution >= 0.6 is 0 Å². The lowest BCUT2D eigenvalue weighted by Gasteiger charge is -2.44. The van der Waals surface area contributed by atoms with Gasteiger partial charge in [0, 0.05) is 6.42 Å². The summed E-state index contributed by atoms with van der Waals surface area (Å²) in [5, 5.41) is 23.2. The van der Waals surface area contributed by atoms with Crippen molar-refractivity contribution < 1.29 is 27.9 Å². The van der Waals surface area contributed by atoms with Crippen molar-refractivity contribution in [2.24, 2.45) is 0 Å². The van der Waals surface area contributed by atoms with Gasteiger partial charge in [-0.15, -0.1) is 5.54 Å². The fraction of sp³-hybridized carbons (Fsp3) is 0.949. The molecule has 0 aliphatic heterocycles. The molecule has 0 aromatic heterocycles. The fourth-order valence-electron chi connectivity index (χ4n) is 4.36. The molecule has 298 valence electrons. The first-order valence-corrected chi connectivity index (χ1v) is 34.4. The minimum Gasteiger partial charge on any atom is -0.414 e. The lowest BCUT2D eigenvalue weighted by Crippen LogP contribution is -2.50. The topological polar surface area (TPSA) is 77.4 Å². The van der Waals surface area contributed by atoms with Gasteiger partial charge in [-0.1, -0.05) is 109 Å². The highest BCUT2D eigenvalue weighted by molar-refractivity contribution is 6.84. The highest BCUT2D eigenvalue weighted by Gasteiger charge is 2.44. The second-order valence-electron chi connectivity index (χ2n) is 22.2. The van der Waals surface area contributed by atoms with Crippen molar-refractivity contribution in [2.45, 2.75) is 231 Å². The Morgan fingerprint density at radius 2 is 0.820 bits per heavy atom. The van der Waals surface area contributed by atoms with E-state index in [1.54, 1.807) is 0 Å². The molecule has 5 unspecified atom stereocenters. The van der Waals surface area contributed by atoms with E-state index in [1.165, 1.54) is 0 Å². The SMILES string of the molecule is CC(C)(C)[Si](C)(C)OCC(CC(CC(O)CC(O)CC(C#C[Si](C)(C)C)O[Si](C)(C)C(C)(C)C)O[Si](C)(C)C(C)(C)C)O[Si](C)(C)C(C)(C)C. The third kappa shape index (κ3) is 17.3. The Kier molecular flexibility index (Phi) is 18.0. The van der Waals surface area contributed by atoms with Gasteiger partial charge in [-0.2, -0.15) is 0 Å². The van der Waals surface area contributed by atoms with E-state index in [0.717, 1.165) is 0 Å². The van der Waals surface area contributed by atoms with Gasteiger partial charge in [0.1, 0.15) is 14.2 Å². The molecule has 2 N–H and O–H groups in total. The molecule has 0 aromatic rings. The smallest absolute Gasteiger partial charge is 0.193 e. The highest BCUT2D eigenvalue weighted by atomic mass is 28.4. The molecule has 5 atom stereocenters. The summed E-state index contributed by atoms with van der Waals surface area (Å²) in [4.78, 5) is 0. The Morgan fingerprint density at radius 3 is 1.20 bits per heavy atom. The number of rotatable bonds is 17. The Labute approximate surface area is 317 Å². The van der Waals surface area contributed by atoms with Crippen LogP contribution in [-0.2, 0) is 17.7 Å². The first-order valence-electron chi connectivity index (χ1n) is 19.3. The van der Waals surface area contributed by atoms with Gasteiger partial charge in [0.05, 0.1) is 31.0 Å². The van der Waals surface area contributed by atoms with Gasteiger partial charge >= 0.3 is 0 Å². The summed E-state index contributed by atoms with van der Waals surface area (Å²) in [6.45, 7) is 52.5. The van der Waals surface area contributed by atoms with Crippen molar-refractivity contribution in [3.63, 3.8) is 0 Å². The van der Waals surface area contributed by atoms with E-state index in [9.17, 15) is 10.2 Å². The van der Waals surface area contributed by atoms with E-state index in [1.807, 2.05) is 0 Å². The average Bonchev–Trinajstić information content (AvgIpc) is 2.81. The van der Waals surface area contributed by atoms with Gasteiger partial charge in [-0.25, -0.2) is 0 Å². The average molecular weight is 792 g/mol. The van der Waals surface area contributed by atoms with Gasteiger partial charge < -0.3 is 27.9 Å². The first kappa shape index (κ1) is 50.4. The summed E-state index contributed by atoms with van der Waals surface area (Å²) in [7, 11) is -10.1. The van der Waals surface area contributed by atoms with Crippen molar-refractivity contribution in [3.8, 4) is 11.5 Å². The summed E-state index contributed by atoms with van der Waals surface area (Å²) in [6.07, 6.45) is -0.547. The summed E-state index contributed by atoms with van der Waals surface area (Å²) < 4.78 is 27.7. The van der Waals surface area contributed by atoms with Crippen LogP contribution in [-0.4, -0.2) is 88.7 Å². The van der Waals surface area contributed by atoms with Crippen LogP contribution < -0.4 is 0 Å². The zero-order chi connectivity index (χ0) is 40.2. The molecular formula is C39H86O6Si5. The predicted molar refractivity (Wildman–Crippen MR) is 231 cm³/mol. The van der Waals surface area contributed by atoms with Crippen molar-refractivity contribution in [1.82, 2.24) is 0 Å². The number of hydrogen-bond donors (Lipinski definition) is 2. The van der Waals surface area contributed by atoms with Gasteiger partial charge in [0.2, 0.25) is 0 Å². The zero-order valence-electron chi connectivity index (χ0n) is 37.4. The van der Waals surface area contributed by atoms with Crippen LogP contribution in [0.3, 0.4) is 0 Å². The van der Waals surface area contributed by atoms with Gasteiger partial charge in [0.25, 0.3) is 0 Å². The molecule has 0 amide bonds. The van der Waals surface area contributed by atoms with Gasteiger partial charge in [-0.05, 0) is 91.8 Å². The van der Waals surface area contributed by atoms with Crippen molar-refractivity contribution in [1.29, 1.82) is 0 Å². The largest absolute Gasteiger partial charge is 0.414 e. The molecule has 0 fully saturated rings. The summed E-state index contributed by atoms with van der Waals surface area (Å²) in [5.74, 6) is 3.42. The summed E-state index contributed by atoms with van der Waals surface area (Å²) in [6, 6.07) is 0. The second kappa shape index (κ2) is 17.9. The molecule has 0 aliphatic carbocycles. The van der Waals surface area contributed by atoms with Crippen LogP contribution in [0.1, 0.15) is 109 Å². The normalized spacial score (nSPS) is 17.9. The molecule has 0 heterocycles. The molecule has 6 nitrogen and oxygen atoms in total. The van der Waals surface area contributed by atoms with Crippen LogP contribution in [0.25, 0.3) is 0 Å². The molecule has 0 spiro atoms. The molecular weight excluding hydrogens is 705 g/mol. The summed E-state index contributed by atoms with van der Waals surface area (Å²) >= 11 is 0. The minimum atomic E-state index is -2.21. The molecule has 50 heavy (non-hydrogen) atoms. The van der Waals surface area contributed by atoms with E-state index in [2.05, 4.69) is 167 Å². The first-order chi connectivity index (χ1) is 21.7. The molecule has 0 rings (SSSR count). The lowest BCUT2D eigenvalue weighted by molar-refractivity contribution is 0.00964. The quantitative estimate of drug-likeness (QED) is 0.113. The van der Waals surface area contributed by atoms with Crippen molar-refractivity contribution in [3.05, 3.63) is 0 Å². The van der Waals surface area contributed by atoms with E-state index >= 15 is 0 Å². The molecule has 11 heteroatoms. The van der Waals surface area contributed by atoms with Crippen LogP contribution in [0.4, 0.5) is 0 Å². The highest BCUT2D eigenvalue weighted by Crippen LogP contribution is 2.42. The standard InChI is InChI=1S/C39H86O6Si5/c1-36(2,3)47(16,17)42-30-35(45-50(22,23)39(10,11)12)29-34(44-49(20,21)38(7,8)9)28-32(41)26-31(40)27-33(24-25-46(13,14)15)43-48(18,19)37(4,5)6/h31-35,40-41H,26-30H2,1-23H3. The maximum Gasteiger partial charge on any atom is 0.193 e. The third-order valence-corrected chi connectivity index (χ3v) is 30.9. The molecule has 0 aliphatic rings.